The van der Waals surface area contributed by atoms with Crippen molar-refractivity contribution in [1.29, 1.82) is 0 Å². The summed E-state index contributed by atoms with van der Waals surface area (Å²) in [6.45, 7) is 0. The van der Waals surface area contributed by atoms with Crippen molar-refractivity contribution >= 4 is 17.0 Å². The van der Waals surface area contributed by atoms with Crippen LogP contribution in [0.1, 0.15) is 0 Å². The summed E-state index contributed by atoms with van der Waals surface area (Å²) in [6.07, 6.45) is 0. The molecule has 26 valence electrons. The molecule has 0 aliphatic carbocycles. The maximum absolute atomic E-state index is 7.56. The molecule has 0 amide bonds. The largest absolute Gasteiger partial charge is 0.140 e. The quantitative estimate of drug-likeness (QED) is 0.168. The van der Waals surface area contributed by atoms with Crippen LogP contribution in [-0.2, 0) is 0 Å². The van der Waals surface area contributed by atoms with E-state index in [0.29, 0.717) is 0 Å². The lowest BCUT2D eigenvalue weighted by Gasteiger charge is -1.54. The Kier molecular flexibility index (Phi) is 3.30. The van der Waals surface area contributed by atoms with Gasteiger partial charge >= 0.3 is 0 Å². The van der Waals surface area contributed by atoms with Gasteiger partial charge in [0.2, 0.25) is 0 Å². The molecule has 5 heavy (non-hydrogen) atoms. The van der Waals surface area contributed by atoms with Crippen LogP contribution in [0.3, 0.4) is 0 Å². The van der Waals surface area contributed by atoms with E-state index >= 15 is 0 Å². The van der Waals surface area contributed by atoms with Crippen LogP contribution in [0.2, 0.25) is 0 Å². The van der Waals surface area contributed by atoms with Crippen LogP contribution >= 0.6 is 0 Å². The maximum Gasteiger partial charge on any atom is 0.0958 e. The molecule has 0 rings (SSSR count). The van der Waals surface area contributed by atoms with E-state index in [1.165, 1.54) is 0 Å². The molecule has 0 spiro atoms. The zero-order valence-electron chi connectivity index (χ0n) is 3.05. The van der Waals surface area contributed by atoms with E-state index in [4.69, 9.17) is 5.53 Å². The van der Waals surface area contributed by atoms with Crippen LogP contribution in [0, 0.1) is 0 Å². The number of hydrogen-bond acceptors (Lipinski definition) is 1. The van der Waals surface area contributed by atoms with Crippen molar-refractivity contribution in [3.63, 3.8) is 0 Å². The van der Waals surface area contributed by atoms with Crippen LogP contribution in [0.25, 0.3) is 10.4 Å². The van der Waals surface area contributed by atoms with E-state index in [0.717, 1.165) is 0 Å². The van der Waals surface area contributed by atoms with E-state index in [1.807, 2.05) is 7.44 Å². The van der Waals surface area contributed by atoms with Gasteiger partial charge in [-0.3, -0.25) is 0 Å². The molecule has 0 N–H and O–H groups in total. The molecular formula is H4BN3Si. The highest BCUT2D eigenvalue weighted by Crippen LogP contribution is 1.52. The molecule has 0 heterocycles. The van der Waals surface area contributed by atoms with E-state index in [1.54, 1.807) is 0 Å². The fourth-order valence-corrected chi connectivity index (χ4v) is 0.190. The van der Waals surface area contributed by atoms with Gasteiger partial charge in [-0.05, 0) is 10.4 Å². The smallest absolute Gasteiger partial charge is 0.0958 e. The average Bonchev–Trinajstić information content (AvgIpc) is 1.41. The fourth-order valence-electron chi connectivity index (χ4n) is 0.0632. The second-order valence-corrected chi connectivity index (χ2v) is 1.46. The summed E-state index contributed by atoms with van der Waals surface area (Å²) < 4.78 is 3.29. The summed E-state index contributed by atoms with van der Waals surface area (Å²) in [5.74, 6) is 0. The number of rotatable bonds is 1. The number of hydrogen-bond donors (Lipinski definition) is 0. The first-order valence-electron chi connectivity index (χ1n) is 1.42. The summed E-state index contributed by atoms with van der Waals surface area (Å²) in [4.78, 5) is 2.54. The third-order valence-corrected chi connectivity index (χ3v) is 0.614. The van der Waals surface area contributed by atoms with Crippen molar-refractivity contribution in [2.24, 2.45) is 4.78 Å². The fraction of sp³-hybridized carbons (Fsp3) is 0. The topological polar surface area (TPSA) is 48.8 Å². The van der Waals surface area contributed by atoms with Crippen molar-refractivity contribution in [3.8, 4) is 0 Å². The van der Waals surface area contributed by atoms with Gasteiger partial charge < -0.3 is 0 Å². The molecule has 0 aromatic rings. The van der Waals surface area contributed by atoms with Crippen LogP contribution in [-0.4, -0.2) is 17.0 Å². The minimum absolute atomic E-state index is 0.378. The van der Waals surface area contributed by atoms with Crippen LogP contribution in [0.4, 0.5) is 0 Å². The summed E-state index contributed by atoms with van der Waals surface area (Å²) >= 11 is 0. The Morgan fingerprint density at radius 1 is 2.00 bits per heavy atom. The lowest BCUT2D eigenvalue weighted by atomic mass is 10.8. The molecule has 0 bridgehead atoms. The number of nitrogens with zero attached hydrogens (tertiary/aromatic N) is 3. The van der Waals surface area contributed by atoms with E-state index < -0.39 is 0 Å². The lowest BCUT2D eigenvalue weighted by Crippen LogP contribution is -1.73. The van der Waals surface area contributed by atoms with Gasteiger partial charge in [0.15, 0.2) is 0 Å². The Morgan fingerprint density at radius 2 is 2.60 bits per heavy atom. The second kappa shape index (κ2) is 3.59. The maximum atomic E-state index is 7.56. The normalized spacial score (nSPS) is 8.00. The first-order chi connectivity index (χ1) is 2.41. The van der Waals surface area contributed by atoms with Gasteiger partial charge in [0.25, 0.3) is 0 Å². The number of azide groups is 1. The van der Waals surface area contributed by atoms with Gasteiger partial charge in [0.05, 0.1) is 17.0 Å². The second-order valence-electron chi connectivity index (χ2n) is 0.547. The van der Waals surface area contributed by atoms with Gasteiger partial charge in [-0.25, -0.2) is 0 Å². The van der Waals surface area contributed by atoms with Gasteiger partial charge in [0.1, 0.15) is 0 Å². The van der Waals surface area contributed by atoms with Gasteiger partial charge in [0, 0.05) is 0 Å². The zero-order valence-corrected chi connectivity index (χ0v) is 4.46. The van der Waals surface area contributed by atoms with E-state index in [2.05, 4.69) is 9.69 Å². The molecule has 0 saturated carbocycles. The summed E-state index contributed by atoms with van der Waals surface area (Å²) in [6, 6.07) is 0. The Bertz CT molecular complexity index is 53.9. The van der Waals surface area contributed by atoms with Crippen molar-refractivity contribution in [1.82, 2.24) is 0 Å². The first kappa shape index (κ1) is 4.59. The molecule has 0 aromatic carbocycles. The van der Waals surface area contributed by atoms with E-state index in [-0.39, 0.29) is 9.55 Å². The summed E-state index contributed by atoms with van der Waals surface area (Å²) in [5, 5.41) is 0. The highest BCUT2D eigenvalue weighted by molar-refractivity contribution is 6.88. The summed E-state index contributed by atoms with van der Waals surface area (Å²) in [5.41, 5.74) is 7.56. The highest BCUT2D eigenvalue weighted by atomic mass is 28.2. The van der Waals surface area contributed by atoms with Crippen molar-refractivity contribution in [3.05, 3.63) is 10.4 Å². The predicted molar refractivity (Wildman–Crippen MR) is 26.2 cm³/mol. The van der Waals surface area contributed by atoms with Gasteiger partial charge in [-0.1, -0.05) is 0 Å². The molecule has 0 radical (unpaired) electrons. The Labute approximate surface area is 33.3 Å². The third kappa shape index (κ3) is 3.59. The average molecular weight is 85.0 g/mol. The molecule has 0 aromatic heterocycles. The minimum atomic E-state index is -0.378. The first-order valence-corrected chi connectivity index (χ1v) is 3.47. The van der Waals surface area contributed by atoms with Gasteiger partial charge in [-0.15, -0.1) is 4.78 Å². The summed E-state index contributed by atoms with van der Waals surface area (Å²) in [7, 11) is 1.55. The SMILES string of the molecule is B[SiH2]N=[N+]=[N-]. The molecule has 0 unspecified atom stereocenters. The molecule has 0 fully saturated rings. The monoisotopic (exact) mass is 85.0 g/mol. The van der Waals surface area contributed by atoms with Gasteiger partial charge in [-0.2, -0.15) is 0 Å². The molecule has 3 nitrogen and oxygen atoms in total. The van der Waals surface area contributed by atoms with Crippen molar-refractivity contribution in [2.45, 2.75) is 0 Å². The predicted octanol–water partition coefficient (Wildman–Crippen LogP) is -1.07. The lowest BCUT2D eigenvalue weighted by molar-refractivity contribution is 1.77. The zero-order chi connectivity index (χ0) is 4.12. The Hall–Kier alpha value is -0.408. The standard InChI is InChI=1S/BH4N3Si/c1-5-4-3-2/h1,5H2. The third-order valence-electron chi connectivity index (χ3n) is 0.205. The van der Waals surface area contributed by atoms with Crippen LogP contribution in [0.5, 0.6) is 0 Å². The highest BCUT2D eigenvalue weighted by Gasteiger charge is 1.55. The van der Waals surface area contributed by atoms with Crippen LogP contribution in [0.15, 0.2) is 4.78 Å². The Morgan fingerprint density at radius 3 is 2.60 bits per heavy atom. The molecule has 0 atom stereocenters. The molecular weight excluding hydrogens is 80.9 g/mol. The molecule has 0 aliphatic rings. The van der Waals surface area contributed by atoms with E-state index in [9.17, 15) is 0 Å². The molecule has 0 saturated heterocycles. The Balaban J connectivity index is 2.93. The molecule has 5 heteroatoms. The van der Waals surface area contributed by atoms with Crippen molar-refractivity contribution in [2.75, 3.05) is 0 Å². The van der Waals surface area contributed by atoms with Crippen molar-refractivity contribution < 1.29 is 0 Å². The minimum Gasteiger partial charge on any atom is -0.140 e. The molecule has 0 aliphatic heterocycles. The van der Waals surface area contributed by atoms with Crippen LogP contribution < -0.4 is 0 Å².